The summed E-state index contributed by atoms with van der Waals surface area (Å²) < 4.78 is 47.5. The fourth-order valence-corrected chi connectivity index (χ4v) is 3.91. The molecule has 0 aliphatic rings. The lowest BCUT2D eigenvalue weighted by atomic mass is 9.78. The van der Waals surface area contributed by atoms with E-state index in [0.29, 0.717) is 13.0 Å². The van der Waals surface area contributed by atoms with Crippen LogP contribution in [0.5, 0.6) is 0 Å². The molecule has 4 nitrogen and oxygen atoms in total. The molecule has 0 aromatic heterocycles. The van der Waals surface area contributed by atoms with Crippen LogP contribution < -0.4 is 0 Å². The summed E-state index contributed by atoms with van der Waals surface area (Å²) >= 11 is 0. The smallest absolute Gasteiger partial charge is 0.384 e. The van der Waals surface area contributed by atoms with Crippen LogP contribution in [-0.4, -0.2) is 50.6 Å². The Morgan fingerprint density at radius 1 is 0.848 bits per heavy atom. The highest BCUT2D eigenvalue weighted by Gasteiger charge is 2.43. The molecule has 33 heavy (non-hydrogen) atoms. The quantitative estimate of drug-likeness (QED) is 0.502. The van der Waals surface area contributed by atoms with Crippen molar-refractivity contribution in [3.8, 4) is 0 Å². The number of carbonyl (C=O) groups excluding carboxylic acids is 1. The van der Waals surface area contributed by atoms with Crippen LogP contribution in [-0.2, 0) is 25.1 Å². The summed E-state index contributed by atoms with van der Waals surface area (Å²) in [5, 5.41) is 9.23. The van der Waals surface area contributed by atoms with Gasteiger partial charge >= 0.3 is 6.18 Å². The van der Waals surface area contributed by atoms with E-state index in [1.165, 1.54) is 7.11 Å². The van der Waals surface area contributed by atoms with Crippen LogP contribution in [0.3, 0.4) is 0 Å². The van der Waals surface area contributed by atoms with Crippen LogP contribution in [0.1, 0.15) is 44.7 Å². The van der Waals surface area contributed by atoms with Crippen molar-refractivity contribution in [2.24, 2.45) is 0 Å². The molecule has 0 saturated heterocycles. The minimum absolute atomic E-state index is 0.115. The van der Waals surface area contributed by atoms with Crippen LogP contribution in [0.2, 0.25) is 0 Å². The number of ether oxygens (including phenoxy) is 2. The van der Waals surface area contributed by atoms with E-state index in [-0.39, 0.29) is 17.8 Å². The molecule has 3 unspecified atom stereocenters. The van der Waals surface area contributed by atoms with Gasteiger partial charge in [-0.2, -0.15) is 13.2 Å². The van der Waals surface area contributed by atoms with E-state index >= 15 is 0 Å². The van der Waals surface area contributed by atoms with Crippen molar-refractivity contribution in [3.05, 3.63) is 71.8 Å². The first-order valence-electron chi connectivity index (χ1n) is 10.7. The maximum Gasteiger partial charge on any atom is 0.414 e. The van der Waals surface area contributed by atoms with Gasteiger partial charge < -0.3 is 14.6 Å². The number of rotatable bonds is 10. The molecule has 0 bridgehead atoms. The van der Waals surface area contributed by atoms with E-state index in [1.54, 1.807) is 51.3 Å². The van der Waals surface area contributed by atoms with E-state index in [0.717, 1.165) is 11.1 Å². The molecule has 2 rings (SSSR count). The number of benzene rings is 2. The molecule has 0 radical (unpaired) electrons. The zero-order valence-electron chi connectivity index (χ0n) is 20.0. The predicted octanol–water partition coefficient (Wildman–Crippen LogP) is 5.47. The zero-order valence-corrected chi connectivity index (χ0v) is 20.0. The second-order valence-electron chi connectivity index (χ2n) is 8.86. The molecule has 1 N–H and O–H groups in total. The van der Waals surface area contributed by atoms with Gasteiger partial charge in [0.15, 0.2) is 6.10 Å². The molecule has 0 amide bonds. The maximum atomic E-state index is 12.4. The Hall–Kier alpha value is -2.22. The summed E-state index contributed by atoms with van der Waals surface area (Å²) in [6.45, 7) is 6.02. The van der Waals surface area contributed by atoms with Gasteiger partial charge in [-0.15, -0.1) is 0 Å². The third kappa shape index (κ3) is 9.27. The average Bonchev–Trinajstić information content (AvgIpc) is 2.74. The molecule has 7 heteroatoms. The molecule has 0 aliphatic heterocycles. The number of halogens is 3. The van der Waals surface area contributed by atoms with Gasteiger partial charge in [-0.1, -0.05) is 74.5 Å². The summed E-state index contributed by atoms with van der Waals surface area (Å²) in [6.07, 6.45) is -6.86. The van der Waals surface area contributed by atoms with Gasteiger partial charge in [0.1, 0.15) is 5.78 Å². The van der Waals surface area contributed by atoms with E-state index < -0.39 is 24.1 Å². The lowest BCUT2D eigenvalue weighted by Crippen LogP contribution is -2.39. The van der Waals surface area contributed by atoms with E-state index in [4.69, 9.17) is 9.47 Å². The lowest BCUT2D eigenvalue weighted by molar-refractivity contribution is -0.210. The molecule has 0 heterocycles. The number of aliphatic hydroxyl groups excluding tert-OH is 1. The van der Waals surface area contributed by atoms with Crippen LogP contribution in [0.15, 0.2) is 60.7 Å². The second kappa shape index (κ2) is 12.9. The number of hydrogen-bond donors (Lipinski definition) is 1. The number of carbonyl (C=O) groups is 1. The minimum atomic E-state index is -4.61. The molecule has 2 aromatic carbocycles. The van der Waals surface area contributed by atoms with E-state index in [9.17, 15) is 23.1 Å². The topological polar surface area (TPSA) is 55.8 Å². The monoisotopic (exact) mass is 468 g/mol. The number of aliphatic hydroxyl groups is 1. The van der Waals surface area contributed by atoms with Crippen molar-refractivity contribution >= 4 is 5.78 Å². The van der Waals surface area contributed by atoms with E-state index in [2.05, 4.69) is 6.92 Å². The first-order valence-corrected chi connectivity index (χ1v) is 10.7. The van der Waals surface area contributed by atoms with Gasteiger partial charge in [-0.25, -0.2) is 0 Å². The van der Waals surface area contributed by atoms with Crippen molar-refractivity contribution in [1.82, 2.24) is 0 Å². The Kier molecular flexibility index (Phi) is 11.2. The van der Waals surface area contributed by atoms with Crippen LogP contribution in [0, 0.1) is 0 Å². The molecule has 0 aliphatic carbocycles. The number of Topliss-reactive ketones (excluding diaryl/α,β-unsaturated/α-hetero) is 1. The van der Waals surface area contributed by atoms with Gasteiger partial charge in [0.2, 0.25) is 0 Å². The number of alkyl halides is 3. The Balaban J connectivity index is 0.000000335. The predicted molar refractivity (Wildman–Crippen MR) is 123 cm³/mol. The molecule has 0 saturated carbocycles. The summed E-state index contributed by atoms with van der Waals surface area (Å²) in [5.74, 6) is 0.193. The standard InChI is InChI=1S/C13H17F3O2.C13H18O2/c1-12(9-18-2,8-11(17)13(14,15)16)10-6-4-3-5-7-10;1-11(14)9-13(2,10-15-3)12-7-5-4-6-8-12/h3-7,11,17H,8-9H2,1-2H3;4-8H,9-10H2,1-3H3. The second-order valence-corrected chi connectivity index (χ2v) is 8.86. The molecule has 3 atom stereocenters. The van der Waals surface area contributed by atoms with Gasteiger partial charge in [0.25, 0.3) is 0 Å². The fraction of sp³-hybridized carbons (Fsp3) is 0.500. The molecule has 0 spiro atoms. The third-order valence-corrected chi connectivity index (χ3v) is 5.53. The van der Waals surface area contributed by atoms with Gasteiger partial charge in [0.05, 0.1) is 13.2 Å². The van der Waals surface area contributed by atoms with Crippen molar-refractivity contribution in [2.45, 2.75) is 56.7 Å². The highest BCUT2D eigenvalue weighted by atomic mass is 19.4. The zero-order chi connectivity index (χ0) is 25.1. The summed E-state index contributed by atoms with van der Waals surface area (Å²) in [6, 6.07) is 18.8. The molecular weight excluding hydrogens is 433 g/mol. The summed E-state index contributed by atoms with van der Waals surface area (Å²) in [7, 11) is 3.10. The van der Waals surface area contributed by atoms with Gasteiger partial charge in [0, 0.05) is 31.5 Å². The lowest BCUT2D eigenvalue weighted by Gasteiger charge is -2.32. The first-order chi connectivity index (χ1) is 15.4. The molecular formula is C26H35F3O4. The van der Waals surface area contributed by atoms with Crippen LogP contribution in [0.4, 0.5) is 13.2 Å². The summed E-state index contributed by atoms with van der Waals surface area (Å²) in [5.41, 5.74) is 0.796. The SMILES string of the molecule is COCC(C)(CC(C)=O)c1ccccc1.COCC(C)(CC(O)C(F)(F)F)c1ccccc1. The maximum absolute atomic E-state index is 12.4. The van der Waals surface area contributed by atoms with Gasteiger partial charge in [-0.3, -0.25) is 4.79 Å². The van der Waals surface area contributed by atoms with Crippen molar-refractivity contribution < 1.29 is 32.5 Å². The van der Waals surface area contributed by atoms with Crippen LogP contribution >= 0.6 is 0 Å². The van der Waals surface area contributed by atoms with Crippen molar-refractivity contribution in [3.63, 3.8) is 0 Å². The summed E-state index contributed by atoms with van der Waals surface area (Å²) in [4.78, 5) is 11.3. The molecule has 0 fully saturated rings. The molecule has 184 valence electrons. The Morgan fingerprint density at radius 3 is 1.61 bits per heavy atom. The fourth-order valence-electron chi connectivity index (χ4n) is 3.91. The van der Waals surface area contributed by atoms with Crippen molar-refractivity contribution in [2.75, 3.05) is 27.4 Å². The van der Waals surface area contributed by atoms with Gasteiger partial charge in [-0.05, 0) is 24.5 Å². The van der Waals surface area contributed by atoms with Crippen LogP contribution in [0.25, 0.3) is 0 Å². The molecule has 2 aromatic rings. The average molecular weight is 469 g/mol. The Bertz CT molecular complexity index is 826. The largest absolute Gasteiger partial charge is 0.414 e. The highest BCUT2D eigenvalue weighted by Crippen LogP contribution is 2.34. The number of hydrogen-bond acceptors (Lipinski definition) is 4. The number of methoxy groups -OCH3 is 2. The highest BCUT2D eigenvalue weighted by molar-refractivity contribution is 5.77. The third-order valence-electron chi connectivity index (χ3n) is 5.53. The van der Waals surface area contributed by atoms with Crippen molar-refractivity contribution in [1.29, 1.82) is 0 Å². The Labute approximate surface area is 194 Å². The first kappa shape index (κ1) is 28.8. The number of ketones is 1. The normalized spacial score (nSPS) is 16.0. The Morgan fingerprint density at radius 2 is 1.24 bits per heavy atom. The van der Waals surface area contributed by atoms with E-state index in [1.807, 2.05) is 30.3 Å². The minimum Gasteiger partial charge on any atom is -0.384 e.